The smallest absolute Gasteiger partial charge is 0.335 e. The van der Waals surface area contributed by atoms with E-state index in [1.165, 1.54) is 77.0 Å². The molecule has 1 saturated heterocycles. The third kappa shape index (κ3) is 33.3. The van der Waals surface area contributed by atoms with E-state index in [0.29, 0.717) is 19.3 Å². The number of esters is 3. The Morgan fingerprint density at radius 3 is 1.32 bits per heavy atom. The fourth-order valence-electron chi connectivity index (χ4n) is 7.89. The van der Waals surface area contributed by atoms with Crippen LogP contribution in [0.1, 0.15) is 239 Å². The fourth-order valence-corrected chi connectivity index (χ4v) is 7.89. The minimum Gasteiger partial charge on any atom is -0.479 e. The average Bonchev–Trinajstić information content (AvgIpc) is 3.29. The summed E-state index contributed by atoms with van der Waals surface area (Å²) in [5, 5.41) is 31.2. The van der Waals surface area contributed by atoms with E-state index in [-0.39, 0.29) is 25.9 Å². The number of carboxylic acids is 1. The topological polar surface area (TPSA) is 175 Å². The molecule has 6 unspecified atom stereocenters. The molecule has 6 atom stereocenters. The van der Waals surface area contributed by atoms with Crippen LogP contribution in [0.3, 0.4) is 0 Å². The van der Waals surface area contributed by atoms with Crippen molar-refractivity contribution in [1.82, 2.24) is 0 Å². The van der Waals surface area contributed by atoms with Gasteiger partial charge in [0.05, 0.1) is 6.61 Å². The third-order valence-corrected chi connectivity index (χ3v) is 12.0. The summed E-state index contributed by atoms with van der Waals surface area (Å²) in [6.45, 7) is 5.90. The van der Waals surface area contributed by atoms with Gasteiger partial charge in [0.1, 0.15) is 18.8 Å². The van der Waals surface area contributed by atoms with Crippen molar-refractivity contribution >= 4 is 23.9 Å². The molecule has 3 N–H and O–H groups in total. The third-order valence-electron chi connectivity index (χ3n) is 12.0. The van der Waals surface area contributed by atoms with Gasteiger partial charge in [-0.1, -0.05) is 173 Å². The zero-order chi connectivity index (χ0) is 47.6. The van der Waals surface area contributed by atoms with Crippen molar-refractivity contribution in [2.75, 3.05) is 13.2 Å². The molecule has 1 aliphatic rings. The van der Waals surface area contributed by atoms with Crippen LogP contribution in [0.5, 0.6) is 0 Å². The van der Waals surface area contributed by atoms with Gasteiger partial charge < -0.3 is 39.0 Å². The van der Waals surface area contributed by atoms with Gasteiger partial charge in [0.2, 0.25) is 0 Å². The number of aliphatic carboxylic acids is 1. The van der Waals surface area contributed by atoms with Gasteiger partial charge in [0, 0.05) is 19.3 Å². The van der Waals surface area contributed by atoms with E-state index >= 15 is 0 Å². The van der Waals surface area contributed by atoms with Crippen LogP contribution >= 0.6 is 0 Å². The van der Waals surface area contributed by atoms with E-state index in [2.05, 4.69) is 45.1 Å². The Morgan fingerprint density at radius 1 is 0.492 bits per heavy atom. The first-order valence-electron chi connectivity index (χ1n) is 26.3. The monoisotopic (exact) mass is 923 g/mol. The summed E-state index contributed by atoms with van der Waals surface area (Å²) in [4.78, 5) is 50.7. The first-order chi connectivity index (χ1) is 31.6. The van der Waals surface area contributed by atoms with Crippen LogP contribution < -0.4 is 0 Å². The predicted octanol–water partition coefficient (Wildman–Crippen LogP) is 12.3. The number of ether oxygens (including phenoxy) is 5. The molecule has 0 aromatic carbocycles. The molecule has 12 heteroatoms. The Bertz CT molecular complexity index is 1240. The summed E-state index contributed by atoms with van der Waals surface area (Å²) in [5.41, 5.74) is 0. The molecule has 0 amide bonds. The van der Waals surface area contributed by atoms with Crippen molar-refractivity contribution in [2.45, 2.75) is 276 Å². The normalized spacial score (nSPS) is 19.2. The van der Waals surface area contributed by atoms with Crippen molar-refractivity contribution in [3.8, 4) is 0 Å². The van der Waals surface area contributed by atoms with Crippen LogP contribution in [0.15, 0.2) is 24.3 Å². The van der Waals surface area contributed by atoms with Gasteiger partial charge in [-0.3, -0.25) is 14.4 Å². The van der Waals surface area contributed by atoms with E-state index in [9.17, 15) is 34.5 Å². The van der Waals surface area contributed by atoms with Gasteiger partial charge in [-0.15, -0.1) is 0 Å². The second-order valence-electron chi connectivity index (χ2n) is 18.2. The molecule has 0 bridgehead atoms. The summed E-state index contributed by atoms with van der Waals surface area (Å²) in [6, 6.07) is 0. The Hall–Kier alpha value is -2.80. The zero-order valence-corrected chi connectivity index (χ0v) is 41.2. The van der Waals surface area contributed by atoms with E-state index in [1.807, 2.05) is 0 Å². The van der Waals surface area contributed by atoms with Gasteiger partial charge in [0.25, 0.3) is 0 Å². The lowest BCUT2D eigenvalue weighted by molar-refractivity contribution is -0.301. The van der Waals surface area contributed by atoms with Crippen molar-refractivity contribution in [3.05, 3.63) is 24.3 Å². The molecule has 378 valence electrons. The average molecular weight is 923 g/mol. The van der Waals surface area contributed by atoms with Crippen LogP contribution in [0.25, 0.3) is 0 Å². The largest absolute Gasteiger partial charge is 0.479 e. The molecular weight excluding hydrogens is 829 g/mol. The summed E-state index contributed by atoms with van der Waals surface area (Å²) in [7, 11) is 0. The number of hydrogen-bond donors (Lipinski definition) is 3. The van der Waals surface area contributed by atoms with Crippen molar-refractivity contribution in [1.29, 1.82) is 0 Å². The first-order valence-corrected chi connectivity index (χ1v) is 26.3. The molecule has 0 saturated carbocycles. The second kappa shape index (κ2) is 42.5. The summed E-state index contributed by atoms with van der Waals surface area (Å²) in [5.74, 6) is -3.13. The molecule has 65 heavy (non-hydrogen) atoms. The SMILES string of the molecule is CCCCCC/C=C\CCCCCCCC(=O)OCC(COC1OC(C(=O)O)C(O)C(O)C1OC(=O)CCCCCCCCCCC)OC(=O)CCCCCCC/C=C\CCCCCC. The van der Waals surface area contributed by atoms with Crippen molar-refractivity contribution < 1.29 is 58.2 Å². The maximum Gasteiger partial charge on any atom is 0.335 e. The molecule has 0 radical (unpaired) electrons. The minimum absolute atomic E-state index is 0.0628. The van der Waals surface area contributed by atoms with E-state index in [4.69, 9.17) is 23.7 Å². The van der Waals surface area contributed by atoms with E-state index in [1.54, 1.807) is 0 Å². The van der Waals surface area contributed by atoms with Gasteiger partial charge >= 0.3 is 23.9 Å². The molecule has 0 spiro atoms. The highest BCUT2D eigenvalue weighted by Gasteiger charge is 2.50. The van der Waals surface area contributed by atoms with Crippen LogP contribution in [-0.2, 0) is 42.9 Å². The van der Waals surface area contributed by atoms with E-state index in [0.717, 1.165) is 103 Å². The van der Waals surface area contributed by atoms with Crippen LogP contribution in [0, 0.1) is 0 Å². The van der Waals surface area contributed by atoms with E-state index < -0.39 is 67.3 Å². The zero-order valence-electron chi connectivity index (χ0n) is 41.2. The molecule has 0 aromatic rings. The Labute approximate surface area is 394 Å². The lowest BCUT2D eigenvalue weighted by Crippen LogP contribution is -2.61. The number of hydrogen-bond acceptors (Lipinski definition) is 11. The second-order valence-corrected chi connectivity index (χ2v) is 18.2. The van der Waals surface area contributed by atoms with Gasteiger partial charge in [-0.05, 0) is 70.6 Å². The number of unbranched alkanes of at least 4 members (excludes halogenated alkanes) is 26. The minimum atomic E-state index is -1.90. The maximum absolute atomic E-state index is 13.0. The molecule has 1 heterocycles. The lowest BCUT2D eigenvalue weighted by Gasteiger charge is -2.40. The highest BCUT2D eigenvalue weighted by Crippen LogP contribution is 2.26. The quantitative estimate of drug-likeness (QED) is 0.0229. The number of aliphatic hydroxyl groups excluding tert-OH is 2. The number of aliphatic hydroxyl groups is 2. The highest BCUT2D eigenvalue weighted by atomic mass is 16.7. The number of allylic oxidation sites excluding steroid dienone is 4. The van der Waals surface area contributed by atoms with Crippen LogP contribution in [0.4, 0.5) is 0 Å². The predicted molar refractivity (Wildman–Crippen MR) is 257 cm³/mol. The summed E-state index contributed by atoms with van der Waals surface area (Å²) in [6.07, 6.45) is 33.2. The molecule has 12 nitrogen and oxygen atoms in total. The highest BCUT2D eigenvalue weighted by molar-refractivity contribution is 5.74. The first kappa shape index (κ1) is 60.2. The van der Waals surface area contributed by atoms with Crippen LogP contribution in [0.2, 0.25) is 0 Å². The summed E-state index contributed by atoms with van der Waals surface area (Å²) < 4.78 is 28.2. The Balaban J connectivity index is 2.74. The number of carbonyl (C=O) groups is 4. The number of carboxylic acid groups (broad SMARTS) is 1. The summed E-state index contributed by atoms with van der Waals surface area (Å²) >= 11 is 0. The molecule has 1 rings (SSSR count). The lowest BCUT2D eigenvalue weighted by atomic mass is 9.98. The maximum atomic E-state index is 13.0. The molecular formula is C53H94O12. The fraction of sp³-hybridized carbons (Fsp3) is 0.849. The molecule has 1 fully saturated rings. The molecule has 1 aliphatic heterocycles. The van der Waals surface area contributed by atoms with Crippen LogP contribution in [-0.4, -0.2) is 89.2 Å². The Kier molecular flexibility index (Phi) is 39.4. The van der Waals surface area contributed by atoms with Crippen molar-refractivity contribution in [2.24, 2.45) is 0 Å². The Morgan fingerprint density at radius 2 is 0.877 bits per heavy atom. The standard InChI is InChI=1S/C53H94O12/c1-4-7-10-13-16-19-21-23-25-28-30-33-36-39-45(54)61-42-44(63-46(55)40-37-34-32-29-26-24-22-20-17-14-11-8-5-2)43-62-53-51(49(58)48(57)50(65-53)52(59)60)64-47(56)41-38-35-31-27-18-15-12-9-6-3/h19-22,44,48-51,53,57-58H,4-18,23-43H2,1-3H3,(H,59,60)/b21-19-,22-20-. The molecule has 0 aromatic heterocycles. The number of rotatable bonds is 44. The van der Waals surface area contributed by atoms with Gasteiger partial charge in [0.15, 0.2) is 24.6 Å². The number of carbonyl (C=O) groups excluding carboxylic acids is 3. The van der Waals surface area contributed by atoms with Crippen molar-refractivity contribution in [3.63, 3.8) is 0 Å². The molecule has 0 aliphatic carbocycles. The van der Waals surface area contributed by atoms with Gasteiger partial charge in [-0.2, -0.15) is 0 Å². The van der Waals surface area contributed by atoms with Gasteiger partial charge in [-0.25, -0.2) is 4.79 Å².